The van der Waals surface area contributed by atoms with Gasteiger partial charge in [0.15, 0.2) is 5.82 Å². The van der Waals surface area contributed by atoms with Crippen molar-refractivity contribution in [3.8, 4) is 11.3 Å². The van der Waals surface area contributed by atoms with E-state index in [2.05, 4.69) is 20.4 Å². The van der Waals surface area contributed by atoms with E-state index >= 15 is 0 Å². The Hall–Kier alpha value is -3.85. The second-order valence-electron chi connectivity index (χ2n) is 6.69. The first-order chi connectivity index (χ1) is 14.6. The monoisotopic (exact) mass is 405 g/mol. The standard InChI is InChI=1S/C21H19N5O4/c27-21(17-6-1-2-7-19(17)26(28)29)22-16-5-3-4-15(14-16)18-8-9-20(24-23-18)25-10-12-30-13-11-25/h1-9,14H,10-13H2,(H,22,27). The Bertz CT molecular complexity index is 1070. The minimum absolute atomic E-state index is 0.00237. The Balaban J connectivity index is 1.52. The summed E-state index contributed by atoms with van der Waals surface area (Å²) in [5.74, 6) is 0.246. The molecular weight excluding hydrogens is 386 g/mol. The van der Waals surface area contributed by atoms with Crippen molar-refractivity contribution in [3.05, 3.63) is 76.3 Å². The van der Waals surface area contributed by atoms with Crippen LogP contribution in [0.4, 0.5) is 17.2 Å². The number of para-hydroxylation sites is 1. The van der Waals surface area contributed by atoms with Crippen LogP contribution in [0.5, 0.6) is 0 Å². The zero-order chi connectivity index (χ0) is 20.9. The molecule has 1 fully saturated rings. The van der Waals surface area contributed by atoms with E-state index in [-0.39, 0.29) is 11.3 Å². The Morgan fingerprint density at radius 3 is 2.57 bits per heavy atom. The fourth-order valence-corrected chi connectivity index (χ4v) is 3.22. The largest absolute Gasteiger partial charge is 0.378 e. The van der Waals surface area contributed by atoms with Gasteiger partial charge in [-0.1, -0.05) is 24.3 Å². The highest BCUT2D eigenvalue weighted by atomic mass is 16.6. The zero-order valence-corrected chi connectivity index (χ0v) is 16.0. The number of anilines is 2. The van der Waals surface area contributed by atoms with Gasteiger partial charge in [0.25, 0.3) is 11.6 Å². The van der Waals surface area contributed by atoms with Gasteiger partial charge in [0.05, 0.1) is 23.8 Å². The van der Waals surface area contributed by atoms with E-state index in [0.717, 1.165) is 24.5 Å². The van der Waals surface area contributed by atoms with Crippen LogP contribution in [0, 0.1) is 10.1 Å². The first kappa shape index (κ1) is 19.5. The molecule has 152 valence electrons. The number of hydrogen-bond donors (Lipinski definition) is 1. The van der Waals surface area contributed by atoms with E-state index in [1.54, 1.807) is 24.3 Å². The summed E-state index contributed by atoms with van der Waals surface area (Å²) < 4.78 is 5.35. The van der Waals surface area contributed by atoms with E-state index in [4.69, 9.17) is 4.74 Å². The molecule has 0 atom stereocenters. The minimum atomic E-state index is -0.572. The number of carbonyl (C=O) groups excluding carboxylic acids is 1. The number of carbonyl (C=O) groups is 1. The molecule has 1 N–H and O–H groups in total. The lowest BCUT2D eigenvalue weighted by molar-refractivity contribution is -0.385. The summed E-state index contributed by atoms with van der Waals surface area (Å²) in [5, 5.41) is 22.5. The highest BCUT2D eigenvalue weighted by Crippen LogP contribution is 2.24. The molecule has 2 heterocycles. The van der Waals surface area contributed by atoms with Crippen molar-refractivity contribution in [2.75, 3.05) is 36.5 Å². The van der Waals surface area contributed by atoms with Crippen LogP contribution in [-0.2, 0) is 4.74 Å². The molecule has 1 saturated heterocycles. The Morgan fingerprint density at radius 1 is 1.03 bits per heavy atom. The molecule has 1 aromatic heterocycles. The third-order valence-corrected chi connectivity index (χ3v) is 4.75. The third-order valence-electron chi connectivity index (χ3n) is 4.75. The van der Waals surface area contributed by atoms with Crippen molar-refractivity contribution < 1.29 is 14.5 Å². The van der Waals surface area contributed by atoms with Gasteiger partial charge in [-0.3, -0.25) is 14.9 Å². The molecule has 0 unspecified atom stereocenters. The minimum Gasteiger partial charge on any atom is -0.378 e. The fourth-order valence-electron chi connectivity index (χ4n) is 3.22. The smallest absolute Gasteiger partial charge is 0.282 e. The molecular formula is C21H19N5O4. The zero-order valence-electron chi connectivity index (χ0n) is 16.0. The highest BCUT2D eigenvalue weighted by Gasteiger charge is 2.19. The number of nitrogens with zero attached hydrogens (tertiary/aromatic N) is 4. The highest BCUT2D eigenvalue weighted by molar-refractivity contribution is 6.07. The van der Waals surface area contributed by atoms with Crippen molar-refractivity contribution in [1.82, 2.24) is 10.2 Å². The molecule has 1 aliphatic heterocycles. The number of aromatic nitrogens is 2. The van der Waals surface area contributed by atoms with Gasteiger partial charge < -0.3 is 15.0 Å². The second kappa shape index (κ2) is 8.66. The SMILES string of the molecule is O=C(Nc1cccc(-c2ccc(N3CCOCC3)nn2)c1)c1ccccc1[N+](=O)[O-]. The number of amides is 1. The topological polar surface area (TPSA) is 110 Å². The lowest BCUT2D eigenvalue weighted by Crippen LogP contribution is -2.36. The van der Waals surface area contributed by atoms with Crippen LogP contribution in [0.15, 0.2) is 60.7 Å². The third kappa shape index (κ3) is 4.26. The molecule has 0 radical (unpaired) electrons. The molecule has 4 rings (SSSR count). The maximum absolute atomic E-state index is 12.5. The molecule has 9 heteroatoms. The lowest BCUT2D eigenvalue weighted by Gasteiger charge is -2.27. The average molecular weight is 405 g/mol. The van der Waals surface area contributed by atoms with Crippen molar-refractivity contribution in [2.45, 2.75) is 0 Å². The van der Waals surface area contributed by atoms with Crippen LogP contribution in [-0.4, -0.2) is 47.3 Å². The van der Waals surface area contributed by atoms with Gasteiger partial charge >= 0.3 is 0 Å². The van der Waals surface area contributed by atoms with Gasteiger partial charge in [0.1, 0.15) is 5.56 Å². The number of nitro groups is 1. The van der Waals surface area contributed by atoms with E-state index in [1.165, 1.54) is 18.2 Å². The molecule has 1 aliphatic rings. The van der Waals surface area contributed by atoms with Crippen molar-refractivity contribution in [1.29, 1.82) is 0 Å². The quantitative estimate of drug-likeness (QED) is 0.513. The number of benzene rings is 2. The molecule has 3 aromatic rings. The fraction of sp³-hybridized carbons (Fsp3) is 0.190. The van der Waals surface area contributed by atoms with Crippen LogP contribution in [0.25, 0.3) is 11.3 Å². The summed E-state index contributed by atoms with van der Waals surface area (Å²) in [6.45, 7) is 2.90. The van der Waals surface area contributed by atoms with E-state index in [9.17, 15) is 14.9 Å². The van der Waals surface area contributed by atoms with Crippen LogP contribution in [0.2, 0.25) is 0 Å². The predicted octanol–water partition coefficient (Wildman–Crippen LogP) is 3.14. The molecule has 2 aromatic carbocycles. The normalized spacial score (nSPS) is 13.7. The molecule has 30 heavy (non-hydrogen) atoms. The first-order valence-corrected chi connectivity index (χ1v) is 9.43. The summed E-state index contributed by atoms with van der Waals surface area (Å²) >= 11 is 0. The summed E-state index contributed by atoms with van der Waals surface area (Å²) in [4.78, 5) is 25.2. The van der Waals surface area contributed by atoms with Crippen LogP contribution in [0.1, 0.15) is 10.4 Å². The van der Waals surface area contributed by atoms with E-state index in [0.29, 0.717) is 24.6 Å². The van der Waals surface area contributed by atoms with Crippen LogP contribution >= 0.6 is 0 Å². The summed E-state index contributed by atoms with van der Waals surface area (Å²) in [7, 11) is 0. The van der Waals surface area contributed by atoms with Gasteiger partial charge in [-0.25, -0.2) is 0 Å². The summed E-state index contributed by atoms with van der Waals surface area (Å²) in [6, 6.07) is 16.7. The van der Waals surface area contributed by atoms with Crippen LogP contribution < -0.4 is 10.2 Å². The predicted molar refractivity (Wildman–Crippen MR) is 112 cm³/mol. The van der Waals surface area contributed by atoms with Gasteiger partial charge in [0, 0.05) is 30.4 Å². The van der Waals surface area contributed by atoms with Gasteiger partial charge in [-0.2, -0.15) is 0 Å². The maximum atomic E-state index is 12.5. The first-order valence-electron chi connectivity index (χ1n) is 9.43. The van der Waals surface area contributed by atoms with Crippen molar-refractivity contribution in [3.63, 3.8) is 0 Å². The van der Waals surface area contributed by atoms with Gasteiger partial charge in [-0.15, -0.1) is 10.2 Å². The number of ether oxygens (including phenoxy) is 1. The second-order valence-corrected chi connectivity index (χ2v) is 6.69. The molecule has 0 aliphatic carbocycles. The van der Waals surface area contributed by atoms with E-state index in [1.807, 2.05) is 18.2 Å². The Labute approximate surface area is 172 Å². The Morgan fingerprint density at radius 2 is 1.83 bits per heavy atom. The number of hydrogen-bond acceptors (Lipinski definition) is 7. The van der Waals surface area contributed by atoms with Crippen LogP contribution in [0.3, 0.4) is 0 Å². The number of morpholine rings is 1. The number of nitro benzene ring substituents is 1. The molecule has 9 nitrogen and oxygen atoms in total. The van der Waals surface area contributed by atoms with E-state index < -0.39 is 10.8 Å². The number of nitrogens with one attached hydrogen (secondary N) is 1. The molecule has 0 bridgehead atoms. The molecule has 1 amide bonds. The molecule has 0 saturated carbocycles. The lowest BCUT2D eigenvalue weighted by atomic mass is 10.1. The average Bonchev–Trinajstić information content (AvgIpc) is 2.80. The van der Waals surface area contributed by atoms with Gasteiger partial charge in [0.2, 0.25) is 0 Å². The Kier molecular flexibility index (Phi) is 5.62. The van der Waals surface area contributed by atoms with Crippen molar-refractivity contribution >= 4 is 23.1 Å². The maximum Gasteiger partial charge on any atom is 0.282 e. The van der Waals surface area contributed by atoms with Crippen molar-refractivity contribution in [2.24, 2.45) is 0 Å². The summed E-state index contributed by atoms with van der Waals surface area (Å²) in [5.41, 5.74) is 1.71. The van der Waals surface area contributed by atoms with Gasteiger partial charge in [-0.05, 0) is 30.3 Å². The summed E-state index contributed by atoms with van der Waals surface area (Å²) in [6.07, 6.45) is 0. The molecule has 0 spiro atoms. The number of rotatable bonds is 5.